The number of para-hydroxylation sites is 1. The molecule has 0 unspecified atom stereocenters. The Morgan fingerprint density at radius 3 is 2.31 bits per heavy atom. The number of imidazole rings is 1. The summed E-state index contributed by atoms with van der Waals surface area (Å²) >= 11 is 3.55. The largest absolute Gasteiger partial charge is 1.00 e. The maximum Gasteiger partial charge on any atom is 0.254 e. The molecule has 3 heterocycles. The third kappa shape index (κ3) is 3.04. The molecule has 0 radical (unpaired) electrons. The highest BCUT2D eigenvalue weighted by Gasteiger charge is 2.26. The van der Waals surface area contributed by atoms with Crippen LogP contribution in [0, 0.1) is 5.82 Å². The molecular weight excluding hydrogens is 489 g/mol. The standard InChI is InChI=1S/C26H18BrFN3.ClH/c1-29-23-5-3-2-4-21(23)22-14-15-30-16-31(20-12-10-19(28)11-13-20)24(26(30)25(22)29)17-6-8-18(27)9-7-17;/h2-16H,1H3;1H/q+1;/p-1. The van der Waals surface area contributed by atoms with Crippen LogP contribution in [0.3, 0.4) is 0 Å². The topological polar surface area (TPSA) is 14.0 Å². The van der Waals surface area contributed by atoms with Crippen molar-refractivity contribution < 1.29 is 21.2 Å². The van der Waals surface area contributed by atoms with Gasteiger partial charge >= 0.3 is 0 Å². The number of hydrogen-bond acceptors (Lipinski definition) is 0. The minimum Gasteiger partial charge on any atom is -1.00 e. The minimum atomic E-state index is -0.241. The van der Waals surface area contributed by atoms with Crippen LogP contribution in [0.4, 0.5) is 4.39 Å². The zero-order chi connectivity index (χ0) is 21.1. The van der Waals surface area contributed by atoms with Crippen molar-refractivity contribution in [3.63, 3.8) is 0 Å². The average Bonchev–Trinajstić information content (AvgIpc) is 3.31. The Labute approximate surface area is 198 Å². The second-order valence-electron chi connectivity index (χ2n) is 7.73. The molecule has 0 atom stereocenters. The maximum absolute atomic E-state index is 13.6. The number of nitrogens with zero attached hydrogens (tertiary/aromatic N) is 3. The van der Waals surface area contributed by atoms with Crippen LogP contribution in [-0.4, -0.2) is 9.13 Å². The van der Waals surface area contributed by atoms with Gasteiger partial charge in [-0.25, -0.2) is 4.39 Å². The molecule has 6 rings (SSSR count). The maximum atomic E-state index is 13.6. The lowest BCUT2D eigenvalue weighted by molar-refractivity contribution is -0.510. The molecule has 3 aromatic carbocycles. The van der Waals surface area contributed by atoms with Crippen LogP contribution in [-0.2, 0) is 7.05 Å². The van der Waals surface area contributed by atoms with Gasteiger partial charge in [-0.15, -0.1) is 0 Å². The predicted octanol–water partition coefficient (Wildman–Crippen LogP) is 3.43. The van der Waals surface area contributed by atoms with Gasteiger partial charge in [0.15, 0.2) is 5.69 Å². The van der Waals surface area contributed by atoms with Gasteiger partial charge in [0, 0.05) is 33.4 Å². The molecule has 0 saturated carbocycles. The third-order valence-corrected chi connectivity index (χ3v) is 6.49. The molecule has 32 heavy (non-hydrogen) atoms. The highest BCUT2D eigenvalue weighted by atomic mass is 79.9. The molecule has 0 bridgehead atoms. The second kappa shape index (κ2) is 7.76. The summed E-state index contributed by atoms with van der Waals surface area (Å²) in [5, 5.41) is 2.45. The number of pyridine rings is 1. The van der Waals surface area contributed by atoms with Gasteiger partial charge in [0.05, 0.1) is 6.20 Å². The summed E-state index contributed by atoms with van der Waals surface area (Å²) in [7, 11) is 2.12. The van der Waals surface area contributed by atoms with Crippen molar-refractivity contribution in [1.29, 1.82) is 0 Å². The molecule has 0 amide bonds. The Morgan fingerprint density at radius 2 is 1.56 bits per heavy atom. The number of halogens is 3. The van der Waals surface area contributed by atoms with Gasteiger partial charge in [-0.2, -0.15) is 8.97 Å². The quantitative estimate of drug-likeness (QED) is 0.320. The van der Waals surface area contributed by atoms with E-state index in [-0.39, 0.29) is 18.2 Å². The third-order valence-electron chi connectivity index (χ3n) is 5.96. The fraction of sp³-hybridized carbons (Fsp3) is 0.0385. The lowest BCUT2D eigenvalue weighted by Gasteiger charge is -2.04. The molecule has 0 aliphatic carbocycles. The molecule has 0 aliphatic rings. The smallest absolute Gasteiger partial charge is 0.254 e. The summed E-state index contributed by atoms with van der Waals surface area (Å²) in [6, 6.07) is 25.6. The molecular formula is C26H18BrClFN3. The van der Waals surface area contributed by atoms with Gasteiger partial charge in [0.25, 0.3) is 6.33 Å². The minimum absolute atomic E-state index is 0. The Balaban J connectivity index is 0.00000216. The number of aromatic nitrogens is 3. The van der Waals surface area contributed by atoms with E-state index in [1.807, 2.05) is 12.1 Å². The van der Waals surface area contributed by atoms with Gasteiger partial charge in [-0.1, -0.05) is 34.1 Å². The molecule has 0 aliphatic heterocycles. The number of rotatable bonds is 2. The van der Waals surface area contributed by atoms with Crippen molar-refractivity contribution >= 4 is 43.3 Å². The second-order valence-corrected chi connectivity index (χ2v) is 8.64. The SMILES string of the molecule is Cn1c2ccccc2c2cc[n+]3cn(-c4ccc(F)cc4)c(-c4ccc(Br)cc4)c3c21.[Cl-]. The van der Waals surface area contributed by atoms with Crippen LogP contribution in [0.2, 0.25) is 0 Å². The van der Waals surface area contributed by atoms with Crippen molar-refractivity contribution in [2.45, 2.75) is 0 Å². The van der Waals surface area contributed by atoms with Crippen LogP contribution in [0.5, 0.6) is 0 Å². The van der Waals surface area contributed by atoms with E-state index >= 15 is 0 Å². The van der Waals surface area contributed by atoms with Gasteiger partial charge < -0.3 is 17.0 Å². The molecule has 6 heteroatoms. The normalized spacial score (nSPS) is 11.3. The van der Waals surface area contributed by atoms with E-state index in [1.165, 1.54) is 33.9 Å². The van der Waals surface area contributed by atoms with E-state index in [4.69, 9.17) is 0 Å². The Kier molecular flexibility index (Phi) is 5.03. The van der Waals surface area contributed by atoms with Crippen molar-refractivity contribution in [2.24, 2.45) is 7.05 Å². The van der Waals surface area contributed by atoms with Gasteiger partial charge in [0.1, 0.15) is 17.0 Å². The molecule has 6 aromatic rings. The first kappa shape index (κ1) is 20.7. The summed E-state index contributed by atoms with van der Waals surface area (Å²) in [6.45, 7) is 0. The van der Waals surface area contributed by atoms with E-state index in [9.17, 15) is 4.39 Å². The van der Waals surface area contributed by atoms with Gasteiger partial charge in [-0.05, 0) is 60.7 Å². The summed E-state index contributed by atoms with van der Waals surface area (Å²) in [5.41, 5.74) is 6.55. The molecule has 0 saturated heterocycles. The number of hydrogen-bond donors (Lipinski definition) is 0. The van der Waals surface area contributed by atoms with Gasteiger partial charge in [0.2, 0.25) is 5.52 Å². The van der Waals surface area contributed by atoms with Crippen molar-refractivity contribution in [3.05, 3.63) is 102 Å². The van der Waals surface area contributed by atoms with E-state index < -0.39 is 0 Å². The average molecular weight is 507 g/mol. The predicted molar refractivity (Wildman–Crippen MR) is 126 cm³/mol. The Hall–Kier alpha value is -3.15. The fourth-order valence-corrected chi connectivity index (χ4v) is 4.80. The summed E-state index contributed by atoms with van der Waals surface area (Å²) < 4.78 is 21.2. The molecule has 0 fully saturated rings. The Morgan fingerprint density at radius 1 is 0.844 bits per heavy atom. The number of fused-ring (bicyclic) bond motifs is 5. The highest BCUT2D eigenvalue weighted by molar-refractivity contribution is 9.10. The summed E-state index contributed by atoms with van der Waals surface area (Å²) in [6.07, 6.45) is 4.17. The zero-order valence-electron chi connectivity index (χ0n) is 17.1. The van der Waals surface area contributed by atoms with E-state index in [0.717, 1.165) is 26.9 Å². The first-order valence-electron chi connectivity index (χ1n) is 10.1. The molecule has 0 spiro atoms. The van der Waals surface area contributed by atoms with Gasteiger partial charge in [-0.3, -0.25) is 0 Å². The number of benzene rings is 3. The summed E-state index contributed by atoms with van der Waals surface area (Å²) in [5.74, 6) is -0.241. The van der Waals surface area contributed by atoms with Crippen LogP contribution in [0.15, 0.2) is 95.9 Å². The van der Waals surface area contributed by atoms with Crippen molar-refractivity contribution in [2.75, 3.05) is 0 Å². The highest BCUT2D eigenvalue weighted by Crippen LogP contribution is 2.35. The van der Waals surface area contributed by atoms with Crippen LogP contribution in [0.1, 0.15) is 0 Å². The molecule has 158 valence electrons. The lowest BCUT2D eigenvalue weighted by atomic mass is 10.1. The molecule has 3 nitrogen and oxygen atoms in total. The zero-order valence-corrected chi connectivity index (χ0v) is 19.5. The van der Waals surface area contributed by atoms with Crippen LogP contribution < -0.4 is 16.8 Å². The van der Waals surface area contributed by atoms with E-state index in [0.29, 0.717) is 0 Å². The van der Waals surface area contributed by atoms with E-state index in [1.54, 1.807) is 0 Å². The molecule has 3 aromatic heterocycles. The lowest BCUT2D eigenvalue weighted by Crippen LogP contribution is -3.00. The summed E-state index contributed by atoms with van der Waals surface area (Å²) in [4.78, 5) is 0. The Bertz CT molecular complexity index is 1600. The van der Waals surface area contributed by atoms with E-state index in [2.05, 4.69) is 104 Å². The number of aryl methyl sites for hydroxylation is 1. The van der Waals surface area contributed by atoms with Crippen LogP contribution >= 0.6 is 15.9 Å². The van der Waals surface area contributed by atoms with Crippen molar-refractivity contribution in [3.8, 4) is 16.9 Å². The first-order valence-corrected chi connectivity index (χ1v) is 10.9. The monoisotopic (exact) mass is 505 g/mol. The van der Waals surface area contributed by atoms with Crippen molar-refractivity contribution in [1.82, 2.24) is 9.13 Å². The molecule has 0 N–H and O–H groups in total. The first-order chi connectivity index (χ1) is 15.1. The fourth-order valence-electron chi connectivity index (χ4n) is 4.54. The van der Waals surface area contributed by atoms with Crippen LogP contribution in [0.25, 0.3) is 44.3 Å².